The number of rotatable bonds is 4. The van der Waals surface area contributed by atoms with Crippen LogP contribution < -0.4 is 15.9 Å². The Kier molecular flexibility index (Phi) is 5.44. The summed E-state index contributed by atoms with van der Waals surface area (Å²) in [6.07, 6.45) is 3.64. The van der Waals surface area contributed by atoms with Gasteiger partial charge in [-0.05, 0) is 57.9 Å². The Bertz CT molecular complexity index is 1370. The van der Waals surface area contributed by atoms with Crippen molar-refractivity contribution in [3.05, 3.63) is 74.9 Å². The number of aromatic amines is 1. The van der Waals surface area contributed by atoms with Crippen LogP contribution in [0.1, 0.15) is 15.9 Å². The zero-order valence-corrected chi connectivity index (χ0v) is 19.2. The molecule has 4 aromatic rings. The molecule has 1 saturated heterocycles. The summed E-state index contributed by atoms with van der Waals surface area (Å²) in [7, 11) is 1.63. The number of nitrogens with zero attached hydrogens (tertiary/aromatic N) is 4. The van der Waals surface area contributed by atoms with Crippen molar-refractivity contribution in [3.8, 4) is 0 Å². The van der Waals surface area contributed by atoms with E-state index in [9.17, 15) is 9.59 Å². The van der Waals surface area contributed by atoms with Gasteiger partial charge in [0, 0.05) is 62.2 Å². The van der Waals surface area contributed by atoms with Crippen LogP contribution in [-0.4, -0.2) is 58.4 Å². The van der Waals surface area contributed by atoms with E-state index in [0.717, 1.165) is 65.0 Å². The van der Waals surface area contributed by atoms with Crippen molar-refractivity contribution in [2.24, 2.45) is 0 Å². The van der Waals surface area contributed by atoms with E-state index in [1.807, 2.05) is 42.6 Å². The fourth-order valence-corrected chi connectivity index (χ4v) is 4.90. The number of fused-ring (bicyclic) bond motifs is 3. The highest BCUT2D eigenvalue weighted by molar-refractivity contribution is 9.10. The summed E-state index contributed by atoms with van der Waals surface area (Å²) in [4.78, 5) is 36.4. The van der Waals surface area contributed by atoms with E-state index in [4.69, 9.17) is 0 Å². The molecule has 0 saturated carbocycles. The van der Waals surface area contributed by atoms with Gasteiger partial charge in [-0.3, -0.25) is 19.1 Å². The lowest BCUT2D eigenvalue weighted by Gasteiger charge is -2.36. The minimum Gasteiger partial charge on any atom is -0.368 e. The SMILES string of the molecule is CNC(=O)c1ccc(N2CCN(Cc3cnc4c(c3)[nH]c(=O)n3cccc43)CC2)c(Br)c1. The number of halogens is 1. The number of hydrogen-bond acceptors (Lipinski definition) is 5. The fourth-order valence-electron chi connectivity index (χ4n) is 4.27. The number of amides is 1. The molecular weight excluding hydrogens is 472 g/mol. The van der Waals surface area contributed by atoms with Crippen LogP contribution in [0.4, 0.5) is 5.69 Å². The monoisotopic (exact) mass is 494 g/mol. The first-order valence-electron chi connectivity index (χ1n) is 10.5. The van der Waals surface area contributed by atoms with Crippen molar-refractivity contribution in [1.82, 2.24) is 24.6 Å². The summed E-state index contributed by atoms with van der Waals surface area (Å²) in [5.41, 5.74) is 5.04. The molecule has 0 radical (unpaired) electrons. The normalized spacial score (nSPS) is 14.9. The maximum atomic E-state index is 12.3. The average Bonchev–Trinajstić information content (AvgIpc) is 3.30. The summed E-state index contributed by atoms with van der Waals surface area (Å²) >= 11 is 3.62. The van der Waals surface area contributed by atoms with Gasteiger partial charge < -0.3 is 15.2 Å². The first-order valence-corrected chi connectivity index (χ1v) is 11.3. The molecule has 4 heterocycles. The van der Waals surface area contributed by atoms with Gasteiger partial charge in [-0.1, -0.05) is 0 Å². The predicted molar refractivity (Wildman–Crippen MR) is 128 cm³/mol. The van der Waals surface area contributed by atoms with Gasteiger partial charge in [0.1, 0.15) is 5.52 Å². The van der Waals surface area contributed by atoms with Crippen molar-refractivity contribution in [1.29, 1.82) is 0 Å². The molecule has 9 heteroatoms. The lowest BCUT2D eigenvalue weighted by atomic mass is 10.1. The van der Waals surface area contributed by atoms with E-state index in [-0.39, 0.29) is 11.6 Å². The molecule has 2 N–H and O–H groups in total. The van der Waals surface area contributed by atoms with Gasteiger partial charge in [0.15, 0.2) is 0 Å². The van der Waals surface area contributed by atoms with Crippen LogP contribution in [-0.2, 0) is 6.54 Å². The van der Waals surface area contributed by atoms with Crippen molar-refractivity contribution in [3.63, 3.8) is 0 Å². The molecule has 5 rings (SSSR count). The summed E-state index contributed by atoms with van der Waals surface area (Å²) < 4.78 is 2.50. The second-order valence-corrected chi connectivity index (χ2v) is 8.80. The van der Waals surface area contributed by atoms with Gasteiger partial charge in [0.25, 0.3) is 5.91 Å². The second-order valence-electron chi connectivity index (χ2n) is 7.94. The Morgan fingerprint density at radius 3 is 2.75 bits per heavy atom. The maximum absolute atomic E-state index is 12.3. The first-order chi connectivity index (χ1) is 15.5. The lowest BCUT2D eigenvalue weighted by molar-refractivity contribution is 0.0963. The van der Waals surface area contributed by atoms with Crippen molar-refractivity contribution in [2.75, 3.05) is 38.1 Å². The minimum absolute atomic E-state index is 0.0925. The Morgan fingerprint density at radius 2 is 2.00 bits per heavy atom. The van der Waals surface area contributed by atoms with Gasteiger partial charge in [-0.25, -0.2) is 4.79 Å². The molecule has 0 spiro atoms. The number of carbonyl (C=O) groups is 1. The first kappa shape index (κ1) is 20.7. The van der Waals surface area contributed by atoms with Gasteiger partial charge >= 0.3 is 5.69 Å². The zero-order chi connectivity index (χ0) is 22.2. The van der Waals surface area contributed by atoms with E-state index in [0.29, 0.717) is 5.56 Å². The van der Waals surface area contributed by atoms with Crippen molar-refractivity contribution < 1.29 is 4.79 Å². The van der Waals surface area contributed by atoms with Crippen molar-refractivity contribution in [2.45, 2.75) is 6.54 Å². The summed E-state index contributed by atoms with van der Waals surface area (Å²) in [5.74, 6) is -0.0925. The quantitative estimate of drug-likeness (QED) is 0.455. The Labute approximate surface area is 193 Å². The van der Waals surface area contributed by atoms with Gasteiger partial charge in [0.05, 0.1) is 16.7 Å². The highest BCUT2D eigenvalue weighted by Crippen LogP contribution is 2.28. The maximum Gasteiger partial charge on any atom is 0.330 e. The number of piperazine rings is 1. The van der Waals surface area contributed by atoms with E-state index in [2.05, 4.69) is 41.0 Å². The second kappa shape index (κ2) is 8.40. The Balaban J connectivity index is 1.28. The lowest BCUT2D eigenvalue weighted by Crippen LogP contribution is -2.46. The molecular formula is C23H23BrN6O2. The van der Waals surface area contributed by atoms with Gasteiger partial charge in [0.2, 0.25) is 0 Å². The van der Waals surface area contributed by atoms with Crippen LogP contribution in [0.2, 0.25) is 0 Å². The van der Waals surface area contributed by atoms with Crippen LogP contribution in [0.5, 0.6) is 0 Å². The van der Waals surface area contributed by atoms with Crippen LogP contribution in [0, 0.1) is 0 Å². The molecule has 0 unspecified atom stereocenters. The molecule has 32 heavy (non-hydrogen) atoms. The standard InChI is InChI=1S/C23H23BrN6O2/c1-25-22(31)16-4-5-19(17(24)12-16)29-9-7-28(8-10-29)14-15-11-18-21(26-13-15)20-3-2-6-30(20)23(32)27-18/h2-6,11-13H,7-10,14H2,1H3,(H,25,31)(H,27,32). The fraction of sp³-hybridized carbons (Fsp3) is 0.261. The van der Waals surface area contributed by atoms with Crippen LogP contribution >= 0.6 is 15.9 Å². The van der Waals surface area contributed by atoms with E-state index >= 15 is 0 Å². The topological polar surface area (TPSA) is 85.7 Å². The molecule has 0 aliphatic carbocycles. The predicted octanol–water partition coefficient (Wildman–Crippen LogP) is 2.62. The third-order valence-electron chi connectivity index (χ3n) is 5.95. The number of anilines is 1. The van der Waals surface area contributed by atoms with Crippen LogP contribution in [0.15, 0.2) is 58.1 Å². The van der Waals surface area contributed by atoms with Gasteiger partial charge in [-0.2, -0.15) is 0 Å². The number of benzene rings is 1. The number of aromatic nitrogens is 3. The van der Waals surface area contributed by atoms with E-state index < -0.39 is 0 Å². The number of pyridine rings is 1. The van der Waals surface area contributed by atoms with E-state index in [1.165, 1.54) is 0 Å². The average molecular weight is 495 g/mol. The van der Waals surface area contributed by atoms with Crippen LogP contribution in [0.3, 0.4) is 0 Å². The number of nitrogens with one attached hydrogen (secondary N) is 2. The largest absolute Gasteiger partial charge is 0.368 e. The summed E-state index contributed by atoms with van der Waals surface area (Å²) in [6.45, 7) is 4.38. The molecule has 164 valence electrons. The molecule has 0 atom stereocenters. The highest BCUT2D eigenvalue weighted by Gasteiger charge is 2.20. The molecule has 8 nitrogen and oxygen atoms in total. The van der Waals surface area contributed by atoms with Gasteiger partial charge in [-0.15, -0.1) is 0 Å². The third-order valence-corrected chi connectivity index (χ3v) is 6.59. The third kappa shape index (κ3) is 3.78. The van der Waals surface area contributed by atoms with Crippen molar-refractivity contribution >= 4 is 44.1 Å². The van der Waals surface area contributed by atoms with E-state index in [1.54, 1.807) is 17.6 Å². The molecule has 1 aromatic carbocycles. The molecule has 1 amide bonds. The molecule has 3 aromatic heterocycles. The smallest absolute Gasteiger partial charge is 0.330 e. The molecule has 1 aliphatic heterocycles. The summed E-state index contributed by atoms with van der Waals surface area (Å²) in [6, 6.07) is 11.5. The molecule has 1 aliphatic rings. The number of hydrogen-bond donors (Lipinski definition) is 2. The zero-order valence-electron chi connectivity index (χ0n) is 17.6. The molecule has 0 bridgehead atoms. The molecule has 1 fully saturated rings. The Hall–Kier alpha value is -3.17. The summed E-state index contributed by atoms with van der Waals surface area (Å²) in [5, 5.41) is 2.65. The van der Waals surface area contributed by atoms with Crippen LogP contribution in [0.25, 0.3) is 16.6 Å². The minimum atomic E-state index is -0.155. The highest BCUT2D eigenvalue weighted by atomic mass is 79.9. The number of H-pyrrole nitrogens is 1. The Morgan fingerprint density at radius 1 is 1.19 bits per heavy atom. The number of carbonyl (C=O) groups excluding carboxylic acids is 1.